The van der Waals surface area contributed by atoms with Crippen molar-refractivity contribution in [2.45, 2.75) is 102 Å². The van der Waals surface area contributed by atoms with Crippen LogP contribution in [0, 0.1) is 40.4 Å². The van der Waals surface area contributed by atoms with Gasteiger partial charge >= 0.3 is 0 Å². The Kier molecular flexibility index (Phi) is 8.37. The first-order valence-corrected chi connectivity index (χ1v) is 15.7. The minimum absolute atomic E-state index is 0.00116. The Morgan fingerprint density at radius 1 is 1.13 bits per heavy atom. The van der Waals surface area contributed by atoms with E-state index in [1.165, 1.54) is 0 Å². The lowest BCUT2D eigenvalue weighted by atomic mass is 9.42. The minimum atomic E-state index is -4.38. The fourth-order valence-electron chi connectivity index (χ4n) is 9.37. The first kappa shape index (κ1) is 30.8. The van der Waals surface area contributed by atoms with Gasteiger partial charge in [-0.15, -0.1) is 0 Å². The lowest BCUT2D eigenvalue weighted by Crippen LogP contribution is -2.67. The molecular formula is C27H45NO10S. The number of hydrogen-bond acceptors (Lipinski definition) is 9. The molecule has 0 aromatic rings. The molecule has 39 heavy (non-hydrogen) atoms. The van der Waals surface area contributed by atoms with Gasteiger partial charge < -0.3 is 30.8 Å². The van der Waals surface area contributed by atoms with Crippen molar-refractivity contribution in [3.8, 4) is 0 Å². The van der Waals surface area contributed by atoms with Crippen molar-refractivity contribution in [1.29, 1.82) is 0 Å². The maximum Gasteiger partial charge on any atom is 0.266 e. The summed E-state index contributed by atoms with van der Waals surface area (Å²) in [5, 5.41) is 56.2. The van der Waals surface area contributed by atoms with Crippen molar-refractivity contribution >= 4 is 21.8 Å². The van der Waals surface area contributed by atoms with Crippen molar-refractivity contribution in [2.75, 3.05) is 12.4 Å². The van der Waals surface area contributed by atoms with Crippen LogP contribution in [0.4, 0.5) is 0 Å². The minimum Gasteiger partial charge on any atom is -0.394 e. The van der Waals surface area contributed by atoms with Crippen LogP contribution in [-0.2, 0) is 19.7 Å². The molecule has 0 bridgehead atoms. The molecule has 0 saturated heterocycles. The molecular weight excluding hydrogens is 530 g/mol. The van der Waals surface area contributed by atoms with Gasteiger partial charge in [-0.2, -0.15) is 8.42 Å². The lowest BCUT2D eigenvalue weighted by molar-refractivity contribution is -0.217. The van der Waals surface area contributed by atoms with E-state index in [2.05, 4.69) is 5.32 Å². The van der Waals surface area contributed by atoms with E-state index in [1.54, 1.807) is 0 Å². The Balaban J connectivity index is 1.50. The van der Waals surface area contributed by atoms with Crippen LogP contribution < -0.4 is 5.32 Å². The van der Waals surface area contributed by atoms with E-state index < -0.39 is 69.2 Å². The van der Waals surface area contributed by atoms with Crippen LogP contribution in [0.3, 0.4) is 0 Å². The fourth-order valence-corrected chi connectivity index (χ4v) is 10.1. The average molecular weight is 576 g/mol. The predicted octanol–water partition coefficient (Wildman–Crippen LogP) is 0.0229. The summed E-state index contributed by atoms with van der Waals surface area (Å²) in [5.74, 6) is -2.75. The Morgan fingerprint density at radius 2 is 1.79 bits per heavy atom. The number of fused-ring (bicyclic) bond motifs is 5. The number of carbonyl (C=O) groups is 2. The number of nitrogens with one attached hydrogen (secondary N) is 1. The first-order chi connectivity index (χ1) is 18.0. The molecule has 12 unspecified atom stereocenters. The van der Waals surface area contributed by atoms with E-state index in [9.17, 15) is 43.5 Å². The van der Waals surface area contributed by atoms with Crippen LogP contribution in [0.2, 0.25) is 0 Å². The molecule has 0 radical (unpaired) electrons. The number of ketones is 1. The van der Waals surface area contributed by atoms with E-state index in [0.717, 1.165) is 6.42 Å². The molecule has 0 aromatic carbocycles. The van der Waals surface area contributed by atoms with Crippen molar-refractivity contribution in [2.24, 2.45) is 40.4 Å². The van der Waals surface area contributed by atoms with Crippen LogP contribution in [0.1, 0.15) is 72.1 Å². The van der Waals surface area contributed by atoms with Crippen LogP contribution in [-0.4, -0.2) is 92.5 Å². The van der Waals surface area contributed by atoms with Gasteiger partial charge in [0.1, 0.15) is 5.60 Å². The standard InChI is InChI=1S/C27H45NO10S/c1-14(4-5-20(32)28-15(12-29)13-39(36,37)38)21-23(33)24(34)22-17-10-19(31)27(35)11-16(30)6-9-26(27,3)18(17)7-8-25(21,22)2/h14-18,21-24,29-30,33-35H,4-13H2,1-3H3,(H,28,32)(H,36,37,38). The molecule has 4 aliphatic rings. The molecule has 4 aliphatic carbocycles. The van der Waals surface area contributed by atoms with Gasteiger partial charge in [-0.1, -0.05) is 20.8 Å². The van der Waals surface area contributed by atoms with Crippen LogP contribution in [0.25, 0.3) is 0 Å². The van der Waals surface area contributed by atoms with E-state index in [0.29, 0.717) is 25.7 Å². The predicted molar refractivity (Wildman–Crippen MR) is 140 cm³/mol. The summed E-state index contributed by atoms with van der Waals surface area (Å²) in [7, 11) is -4.38. The summed E-state index contributed by atoms with van der Waals surface area (Å²) in [5.41, 5.74) is -2.82. The van der Waals surface area contributed by atoms with E-state index in [-0.39, 0.29) is 54.6 Å². The second-order valence-corrected chi connectivity index (χ2v) is 14.9. The monoisotopic (exact) mass is 575 g/mol. The van der Waals surface area contributed by atoms with Crippen LogP contribution in [0.15, 0.2) is 0 Å². The third kappa shape index (κ3) is 5.19. The lowest BCUT2D eigenvalue weighted by Gasteiger charge is -2.63. The zero-order chi connectivity index (χ0) is 29.1. The summed E-state index contributed by atoms with van der Waals surface area (Å²) < 4.78 is 31.2. The molecule has 0 heterocycles. The third-order valence-electron chi connectivity index (χ3n) is 11.2. The molecule has 1 amide bonds. The van der Waals surface area contributed by atoms with Crippen LogP contribution >= 0.6 is 0 Å². The number of Topliss-reactive ketones (excluding diaryl/α,β-unsaturated/α-hetero) is 1. The highest BCUT2D eigenvalue weighted by Crippen LogP contribution is 2.68. The second-order valence-electron chi connectivity index (χ2n) is 13.4. The number of amides is 1. The zero-order valence-corrected chi connectivity index (χ0v) is 23.8. The topological polar surface area (TPSA) is 202 Å². The number of hydrogen-bond donors (Lipinski definition) is 7. The highest BCUT2D eigenvalue weighted by molar-refractivity contribution is 7.85. The van der Waals surface area contributed by atoms with Gasteiger partial charge in [0.2, 0.25) is 5.91 Å². The van der Waals surface area contributed by atoms with Gasteiger partial charge in [0.25, 0.3) is 10.1 Å². The SMILES string of the molecule is CC(CCC(=O)NC(CO)CS(=O)(=O)O)C1C(O)C(O)C2C3CC(=O)C4(O)CC(O)CCC4(C)C3CCC12C. The highest BCUT2D eigenvalue weighted by Gasteiger charge is 2.70. The van der Waals surface area contributed by atoms with E-state index in [1.807, 2.05) is 20.8 Å². The van der Waals surface area contributed by atoms with Gasteiger partial charge in [0.15, 0.2) is 5.78 Å². The summed E-state index contributed by atoms with van der Waals surface area (Å²) >= 11 is 0. The fraction of sp³-hybridized carbons (Fsp3) is 0.926. The zero-order valence-electron chi connectivity index (χ0n) is 23.0. The third-order valence-corrected chi connectivity index (χ3v) is 12.0. The van der Waals surface area contributed by atoms with E-state index >= 15 is 0 Å². The Labute approximate surface area is 230 Å². The molecule has 11 nitrogen and oxygen atoms in total. The van der Waals surface area contributed by atoms with Gasteiger partial charge in [0, 0.05) is 24.7 Å². The number of aliphatic hydroxyl groups excluding tert-OH is 4. The maximum atomic E-state index is 13.4. The highest BCUT2D eigenvalue weighted by atomic mass is 32.2. The summed E-state index contributed by atoms with van der Waals surface area (Å²) in [6, 6.07) is -1.14. The normalized spacial score (nSPS) is 45.6. The van der Waals surface area contributed by atoms with Gasteiger partial charge in [0.05, 0.1) is 36.7 Å². The summed E-state index contributed by atoms with van der Waals surface area (Å²) in [4.78, 5) is 25.9. The average Bonchev–Trinajstić information content (AvgIpc) is 3.03. The smallest absolute Gasteiger partial charge is 0.266 e. The molecule has 7 N–H and O–H groups in total. The number of aliphatic hydroxyl groups is 5. The molecule has 12 heteroatoms. The molecule has 4 saturated carbocycles. The molecule has 0 spiro atoms. The van der Waals surface area contributed by atoms with Gasteiger partial charge in [-0.3, -0.25) is 14.1 Å². The van der Waals surface area contributed by atoms with Crippen molar-refractivity contribution < 1.29 is 48.1 Å². The first-order valence-electron chi connectivity index (χ1n) is 14.1. The molecule has 4 rings (SSSR count). The molecule has 12 atom stereocenters. The Morgan fingerprint density at radius 3 is 2.41 bits per heavy atom. The van der Waals surface area contributed by atoms with Crippen LogP contribution in [0.5, 0.6) is 0 Å². The van der Waals surface area contributed by atoms with Gasteiger partial charge in [-0.05, 0) is 67.1 Å². The van der Waals surface area contributed by atoms with E-state index in [4.69, 9.17) is 4.55 Å². The second kappa shape index (κ2) is 10.6. The van der Waals surface area contributed by atoms with Gasteiger partial charge in [-0.25, -0.2) is 0 Å². The largest absolute Gasteiger partial charge is 0.394 e. The van der Waals surface area contributed by atoms with Crippen molar-refractivity contribution in [3.05, 3.63) is 0 Å². The molecule has 224 valence electrons. The Hall–Kier alpha value is -1.15. The maximum absolute atomic E-state index is 13.4. The number of carbonyl (C=O) groups excluding carboxylic acids is 2. The molecule has 0 aliphatic heterocycles. The summed E-state index contributed by atoms with van der Waals surface area (Å²) in [6.45, 7) is 5.24. The van der Waals surface area contributed by atoms with Crippen molar-refractivity contribution in [1.82, 2.24) is 5.32 Å². The quantitative estimate of drug-likeness (QED) is 0.193. The number of rotatable bonds is 8. The molecule has 4 fully saturated rings. The Bertz CT molecular complexity index is 1070. The summed E-state index contributed by atoms with van der Waals surface area (Å²) in [6.07, 6.45) is 0.0406. The molecule has 0 aromatic heterocycles. The van der Waals surface area contributed by atoms with Crippen molar-refractivity contribution in [3.63, 3.8) is 0 Å².